The third-order valence-corrected chi connectivity index (χ3v) is 7.70. The minimum atomic E-state index is -3.59. The topological polar surface area (TPSA) is 49.9 Å². The SMILES string of the molecule is CC1CN(CC2CCCN2S(=O)(=O)c2ccc(Br)cc2Cl)CC(C)O1. The summed E-state index contributed by atoms with van der Waals surface area (Å²) in [5, 5.41) is 0.258. The van der Waals surface area contributed by atoms with E-state index in [0.717, 1.165) is 36.9 Å². The number of hydrogen-bond acceptors (Lipinski definition) is 4. The lowest BCUT2D eigenvalue weighted by molar-refractivity contribution is -0.0707. The Hall–Kier alpha value is -0.180. The summed E-state index contributed by atoms with van der Waals surface area (Å²) in [6.07, 6.45) is 2.12. The Morgan fingerprint density at radius 2 is 1.96 bits per heavy atom. The van der Waals surface area contributed by atoms with Crippen LogP contribution in [0.5, 0.6) is 0 Å². The van der Waals surface area contributed by atoms with Gasteiger partial charge in [-0.15, -0.1) is 0 Å². The summed E-state index contributed by atoms with van der Waals surface area (Å²) in [6, 6.07) is 4.91. The second-order valence-electron chi connectivity index (χ2n) is 6.96. The molecule has 8 heteroatoms. The summed E-state index contributed by atoms with van der Waals surface area (Å²) in [5.41, 5.74) is 0. The zero-order valence-electron chi connectivity index (χ0n) is 14.5. The third-order valence-electron chi connectivity index (χ3n) is 4.77. The van der Waals surface area contributed by atoms with Crippen LogP contribution in [0, 0.1) is 0 Å². The highest BCUT2D eigenvalue weighted by Gasteiger charge is 2.38. The van der Waals surface area contributed by atoms with Gasteiger partial charge in [-0.05, 0) is 44.9 Å². The quantitative estimate of drug-likeness (QED) is 0.704. The number of rotatable bonds is 4. The highest BCUT2D eigenvalue weighted by molar-refractivity contribution is 9.10. The summed E-state index contributed by atoms with van der Waals surface area (Å²) < 4.78 is 34.4. The van der Waals surface area contributed by atoms with Gasteiger partial charge < -0.3 is 4.74 Å². The molecule has 2 aliphatic rings. The molecule has 0 amide bonds. The number of morpholine rings is 1. The van der Waals surface area contributed by atoms with Crippen LogP contribution in [0.15, 0.2) is 27.6 Å². The van der Waals surface area contributed by atoms with Gasteiger partial charge in [0.25, 0.3) is 0 Å². The van der Waals surface area contributed by atoms with E-state index in [1.165, 1.54) is 0 Å². The van der Waals surface area contributed by atoms with Crippen LogP contribution in [0.3, 0.4) is 0 Å². The third kappa shape index (κ3) is 4.39. The first-order valence-corrected chi connectivity index (χ1v) is 11.2. The summed E-state index contributed by atoms with van der Waals surface area (Å²) in [5.74, 6) is 0. The van der Waals surface area contributed by atoms with Crippen LogP contribution >= 0.6 is 27.5 Å². The van der Waals surface area contributed by atoms with Gasteiger partial charge in [0.15, 0.2) is 0 Å². The van der Waals surface area contributed by atoms with Crippen molar-refractivity contribution in [3.8, 4) is 0 Å². The molecule has 2 saturated heterocycles. The van der Waals surface area contributed by atoms with Crippen molar-refractivity contribution in [2.75, 3.05) is 26.2 Å². The number of sulfonamides is 1. The smallest absolute Gasteiger partial charge is 0.244 e. The molecule has 0 radical (unpaired) electrons. The molecule has 0 spiro atoms. The van der Waals surface area contributed by atoms with E-state index in [0.29, 0.717) is 6.54 Å². The van der Waals surface area contributed by atoms with Crippen LogP contribution in [0.4, 0.5) is 0 Å². The molecular formula is C17H24BrClN2O3S. The van der Waals surface area contributed by atoms with E-state index in [-0.39, 0.29) is 28.2 Å². The minimum Gasteiger partial charge on any atom is -0.373 e. The van der Waals surface area contributed by atoms with Gasteiger partial charge in [0, 0.05) is 36.7 Å². The molecule has 0 aliphatic carbocycles. The first kappa shape index (κ1) is 19.6. The standard InChI is InChI=1S/C17H24BrClN2O3S/c1-12-9-20(10-13(2)24-12)11-15-4-3-7-21(15)25(22,23)17-6-5-14(18)8-16(17)19/h5-6,8,12-13,15H,3-4,7,9-11H2,1-2H3. The van der Waals surface area contributed by atoms with Crippen LogP contribution in [-0.4, -0.2) is 62.1 Å². The molecule has 2 heterocycles. The van der Waals surface area contributed by atoms with Gasteiger partial charge in [0.2, 0.25) is 10.0 Å². The first-order chi connectivity index (χ1) is 11.8. The summed E-state index contributed by atoms with van der Waals surface area (Å²) in [6.45, 7) is 7.10. The van der Waals surface area contributed by atoms with Crippen LogP contribution in [0.25, 0.3) is 0 Å². The van der Waals surface area contributed by atoms with E-state index in [4.69, 9.17) is 16.3 Å². The Kier molecular flexibility index (Phi) is 6.13. The predicted molar refractivity (Wildman–Crippen MR) is 103 cm³/mol. The molecule has 1 aromatic carbocycles. The van der Waals surface area contributed by atoms with Crippen molar-refractivity contribution in [2.45, 2.75) is 49.8 Å². The van der Waals surface area contributed by atoms with Gasteiger partial charge in [-0.3, -0.25) is 4.90 Å². The molecule has 3 rings (SSSR count). The molecule has 0 aromatic heterocycles. The second kappa shape index (κ2) is 7.82. The van der Waals surface area contributed by atoms with E-state index in [9.17, 15) is 8.42 Å². The van der Waals surface area contributed by atoms with Crippen molar-refractivity contribution in [1.29, 1.82) is 0 Å². The zero-order chi connectivity index (χ0) is 18.2. The van der Waals surface area contributed by atoms with Crippen molar-refractivity contribution in [1.82, 2.24) is 9.21 Å². The van der Waals surface area contributed by atoms with Gasteiger partial charge in [-0.2, -0.15) is 4.31 Å². The maximum absolute atomic E-state index is 13.1. The van der Waals surface area contributed by atoms with Crippen molar-refractivity contribution in [2.24, 2.45) is 0 Å². The molecule has 140 valence electrons. The number of hydrogen-bond donors (Lipinski definition) is 0. The molecule has 2 fully saturated rings. The van der Waals surface area contributed by atoms with Crippen molar-refractivity contribution >= 4 is 37.6 Å². The normalized spacial score (nSPS) is 29.2. The maximum atomic E-state index is 13.1. The second-order valence-corrected chi connectivity index (χ2v) is 10.1. The molecule has 25 heavy (non-hydrogen) atoms. The van der Waals surface area contributed by atoms with E-state index in [1.807, 2.05) is 0 Å². The van der Waals surface area contributed by atoms with Crippen LogP contribution in [-0.2, 0) is 14.8 Å². The number of benzene rings is 1. The molecule has 0 bridgehead atoms. The highest BCUT2D eigenvalue weighted by Crippen LogP contribution is 2.32. The van der Waals surface area contributed by atoms with Crippen LogP contribution in [0.2, 0.25) is 5.02 Å². The van der Waals surface area contributed by atoms with E-state index >= 15 is 0 Å². The first-order valence-electron chi connectivity index (χ1n) is 8.62. The lowest BCUT2D eigenvalue weighted by Gasteiger charge is -2.38. The number of nitrogens with zero attached hydrogens (tertiary/aromatic N) is 2. The number of halogens is 2. The Balaban J connectivity index is 1.78. The van der Waals surface area contributed by atoms with Gasteiger partial charge in [-0.1, -0.05) is 27.5 Å². The van der Waals surface area contributed by atoms with E-state index in [1.54, 1.807) is 22.5 Å². The summed E-state index contributed by atoms with van der Waals surface area (Å²) in [4.78, 5) is 2.51. The average Bonchev–Trinajstić information content (AvgIpc) is 2.94. The van der Waals surface area contributed by atoms with Gasteiger partial charge in [0.1, 0.15) is 4.90 Å². The van der Waals surface area contributed by atoms with E-state index < -0.39 is 10.0 Å². The van der Waals surface area contributed by atoms with Gasteiger partial charge in [0.05, 0.1) is 17.2 Å². The fourth-order valence-electron chi connectivity index (χ4n) is 3.85. The van der Waals surface area contributed by atoms with Gasteiger partial charge in [-0.25, -0.2) is 8.42 Å². The van der Waals surface area contributed by atoms with Crippen LogP contribution < -0.4 is 0 Å². The average molecular weight is 452 g/mol. The van der Waals surface area contributed by atoms with Crippen molar-refractivity contribution < 1.29 is 13.2 Å². The van der Waals surface area contributed by atoms with E-state index in [2.05, 4.69) is 34.7 Å². The predicted octanol–water partition coefficient (Wildman–Crippen LogP) is 3.36. The lowest BCUT2D eigenvalue weighted by Crippen LogP contribution is -2.50. The fraction of sp³-hybridized carbons (Fsp3) is 0.647. The maximum Gasteiger partial charge on any atom is 0.244 e. The monoisotopic (exact) mass is 450 g/mol. The lowest BCUT2D eigenvalue weighted by atomic mass is 10.1. The molecule has 5 nitrogen and oxygen atoms in total. The summed E-state index contributed by atoms with van der Waals surface area (Å²) in [7, 11) is -3.59. The Morgan fingerprint density at radius 3 is 2.60 bits per heavy atom. The Bertz CT molecular complexity index is 721. The van der Waals surface area contributed by atoms with Crippen molar-refractivity contribution in [3.05, 3.63) is 27.7 Å². The largest absolute Gasteiger partial charge is 0.373 e. The van der Waals surface area contributed by atoms with Crippen LogP contribution in [0.1, 0.15) is 26.7 Å². The molecule has 0 N–H and O–H groups in total. The molecule has 1 aromatic rings. The zero-order valence-corrected chi connectivity index (χ0v) is 17.6. The molecular weight excluding hydrogens is 428 g/mol. The van der Waals surface area contributed by atoms with Gasteiger partial charge >= 0.3 is 0 Å². The minimum absolute atomic E-state index is 0.0118. The highest BCUT2D eigenvalue weighted by atomic mass is 79.9. The Labute approximate surface area is 163 Å². The molecule has 3 atom stereocenters. The Morgan fingerprint density at radius 1 is 1.28 bits per heavy atom. The summed E-state index contributed by atoms with van der Waals surface area (Å²) >= 11 is 9.53. The molecule has 0 saturated carbocycles. The molecule has 3 unspecified atom stereocenters. The fourth-order valence-corrected chi connectivity index (χ4v) is 6.55. The van der Waals surface area contributed by atoms with Crippen molar-refractivity contribution in [3.63, 3.8) is 0 Å². The number of ether oxygens (including phenoxy) is 1. The molecule has 2 aliphatic heterocycles.